The molecule has 3 aliphatic rings. The summed E-state index contributed by atoms with van der Waals surface area (Å²) in [7, 11) is 2.56. The second-order valence-electron chi connectivity index (χ2n) is 23.0. The Kier molecular flexibility index (Phi) is 7.96. The highest BCUT2D eigenvalue weighted by Crippen LogP contribution is 2.58. The van der Waals surface area contributed by atoms with Gasteiger partial charge in [-0.2, -0.15) is 0 Å². The molecule has 0 saturated carbocycles. The first-order valence-electron chi connectivity index (χ1n) is 24.5. The fourth-order valence-corrected chi connectivity index (χ4v) is 14.0. The zero-order valence-corrected chi connectivity index (χ0v) is 41.3. The summed E-state index contributed by atoms with van der Waals surface area (Å²) >= 11 is 1.90. The van der Waals surface area contributed by atoms with Gasteiger partial charge in [0, 0.05) is 75.7 Å². The standard InChI is InChI=1S/C63H54BN2OS/c1-60(2,3)34-22-24-35(25-23-34)65-47-33-51-39(36-16-11-14-20-50(36)67-51)28-41(47)56-57-54(38-18-10-13-19-43(38)63(57,8)9)55-42-29-44-45(62(6,7)27-26-61(44,4)5)31-48(42)66-49-30-40-37-17-12-15-21-52(37)68-53(40)32-46(49)64-58(56)59(55)66/h10-25,28-33,65H,26-27H2,1-9H3. The maximum Gasteiger partial charge on any atom is 0.197 e. The van der Waals surface area contributed by atoms with Crippen LogP contribution in [0.2, 0.25) is 0 Å². The minimum atomic E-state index is -0.321. The highest BCUT2D eigenvalue weighted by molar-refractivity contribution is 7.26. The fourth-order valence-electron chi connectivity index (χ4n) is 12.8. The van der Waals surface area contributed by atoms with Gasteiger partial charge in [0.05, 0.1) is 11.2 Å². The lowest BCUT2D eigenvalue weighted by Crippen LogP contribution is -2.38. The van der Waals surface area contributed by atoms with E-state index in [2.05, 4.69) is 213 Å². The van der Waals surface area contributed by atoms with Crippen LogP contribution >= 0.6 is 11.3 Å². The summed E-state index contributed by atoms with van der Waals surface area (Å²) in [5, 5.41) is 11.6. The molecule has 4 heterocycles. The predicted octanol–water partition coefficient (Wildman–Crippen LogP) is 16.4. The van der Waals surface area contributed by atoms with Gasteiger partial charge < -0.3 is 14.3 Å². The molecular weight excluding hydrogens is 844 g/mol. The first-order chi connectivity index (χ1) is 32.6. The number of nitrogens with zero attached hydrogens (tertiary/aromatic N) is 1. The summed E-state index contributed by atoms with van der Waals surface area (Å²) in [6.07, 6.45) is 2.33. The van der Waals surface area contributed by atoms with Crippen molar-refractivity contribution in [2.45, 2.75) is 96.8 Å². The van der Waals surface area contributed by atoms with E-state index in [9.17, 15) is 0 Å². The molecule has 0 spiro atoms. The van der Waals surface area contributed by atoms with E-state index in [1.165, 1.54) is 115 Å². The quantitative estimate of drug-likeness (QED) is 0.179. The van der Waals surface area contributed by atoms with Crippen LogP contribution < -0.4 is 16.2 Å². The van der Waals surface area contributed by atoms with E-state index in [-0.39, 0.29) is 21.7 Å². The molecule has 0 unspecified atom stereocenters. The topological polar surface area (TPSA) is 30.1 Å². The average Bonchev–Trinajstić information content (AvgIpc) is 4.03. The molecule has 5 heteroatoms. The van der Waals surface area contributed by atoms with Crippen molar-refractivity contribution in [1.29, 1.82) is 0 Å². The third-order valence-electron chi connectivity index (χ3n) is 16.6. The van der Waals surface area contributed by atoms with Crippen molar-refractivity contribution in [2.24, 2.45) is 0 Å². The Morgan fingerprint density at radius 1 is 0.603 bits per heavy atom. The lowest BCUT2D eigenvalue weighted by Gasteiger charge is -2.42. The van der Waals surface area contributed by atoms with Crippen LogP contribution in [-0.2, 0) is 21.7 Å². The van der Waals surface area contributed by atoms with Gasteiger partial charge in [0.1, 0.15) is 11.2 Å². The molecular formula is C63H54BN2OS. The zero-order chi connectivity index (χ0) is 46.4. The first kappa shape index (κ1) is 40.5. The summed E-state index contributed by atoms with van der Waals surface area (Å²) in [6, 6.07) is 50.7. The number of para-hydroxylation sites is 1. The van der Waals surface area contributed by atoms with Crippen molar-refractivity contribution in [1.82, 2.24) is 4.57 Å². The highest BCUT2D eigenvalue weighted by atomic mass is 32.1. The number of benzene rings is 8. The van der Waals surface area contributed by atoms with Crippen LogP contribution in [0.1, 0.15) is 103 Å². The van der Waals surface area contributed by atoms with Crippen molar-refractivity contribution in [2.75, 3.05) is 5.32 Å². The minimum Gasteiger partial charge on any atom is -0.456 e. The molecule has 1 aliphatic heterocycles. The molecule has 0 fully saturated rings. The van der Waals surface area contributed by atoms with Gasteiger partial charge in [-0.15, -0.1) is 11.3 Å². The SMILES string of the molecule is CC(C)(C)c1ccc(Nc2cc3oc4ccccc4c3cc2-c2c3c(c4c5cc6c(cc5n5c4c2[B]c2cc4sc7ccccc7c4cc2-5)C(C)(C)CCC6(C)C)-c2ccccc2C3(C)C)cc1. The van der Waals surface area contributed by atoms with Crippen molar-refractivity contribution in [3.8, 4) is 27.9 Å². The summed E-state index contributed by atoms with van der Waals surface area (Å²) in [6.45, 7) is 21.6. The van der Waals surface area contributed by atoms with Gasteiger partial charge >= 0.3 is 0 Å². The maximum atomic E-state index is 6.71. The first-order valence-corrected chi connectivity index (χ1v) is 25.4. The number of thiophene rings is 1. The Balaban J connectivity index is 1.18. The zero-order valence-electron chi connectivity index (χ0n) is 40.5. The van der Waals surface area contributed by atoms with Crippen LogP contribution in [0.25, 0.3) is 91.9 Å². The third kappa shape index (κ3) is 5.43. The van der Waals surface area contributed by atoms with Crippen LogP contribution in [0.15, 0.2) is 138 Å². The molecule has 2 aliphatic carbocycles. The Bertz CT molecular complexity index is 4030. The average molecular weight is 898 g/mol. The largest absolute Gasteiger partial charge is 0.456 e. The number of aromatic nitrogens is 1. The second kappa shape index (κ2) is 13.4. The van der Waals surface area contributed by atoms with Gasteiger partial charge in [-0.05, 0) is 134 Å². The Morgan fingerprint density at radius 2 is 1.31 bits per heavy atom. The van der Waals surface area contributed by atoms with Crippen LogP contribution in [0.4, 0.5) is 11.4 Å². The van der Waals surface area contributed by atoms with E-state index in [0.717, 1.165) is 39.7 Å². The van der Waals surface area contributed by atoms with E-state index in [4.69, 9.17) is 4.42 Å². The molecule has 0 bridgehead atoms. The van der Waals surface area contributed by atoms with Gasteiger partial charge in [0.15, 0.2) is 7.28 Å². The molecule has 1 radical (unpaired) electrons. The van der Waals surface area contributed by atoms with Crippen molar-refractivity contribution in [3.05, 3.63) is 161 Å². The number of furan rings is 1. The molecule has 11 aromatic rings. The molecule has 0 saturated heterocycles. The van der Waals surface area contributed by atoms with E-state index in [1.54, 1.807) is 0 Å². The van der Waals surface area contributed by atoms with E-state index < -0.39 is 0 Å². The van der Waals surface area contributed by atoms with E-state index >= 15 is 0 Å². The predicted molar refractivity (Wildman–Crippen MR) is 293 cm³/mol. The fraction of sp³-hybridized carbons (Fsp3) is 0.238. The normalized spacial score (nSPS) is 16.4. The Morgan fingerprint density at radius 3 is 2.09 bits per heavy atom. The smallest absolute Gasteiger partial charge is 0.197 e. The Labute approximate surface area is 403 Å². The summed E-state index contributed by atoms with van der Waals surface area (Å²) in [4.78, 5) is 0. The number of nitrogens with one attached hydrogen (secondary N) is 1. The number of hydrogen-bond donors (Lipinski definition) is 1. The molecule has 331 valence electrons. The second-order valence-corrected chi connectivity index (χ2v) is 24.1. The lowest BCUT2D eigenvalue weighted by molar-refractivity contribution is 0.332. The summed E-state index contributed by atoms with van der Waals surface area (Å²) in [5.41, 5.74) is 22.3. The van der Waals surface area contributed by atoms with Crippen molar-refractivity contribution in [3.63, 3.8) is 0 Å². The van der Waals surface area contributed by atoms with Gasteiger partial charge in [-0.25, -0.2) is 0 Å². The number of rotatable bonds is 3. The van der Waals surface area contributed by atoms with E-state index in [1.807, 2.05) is 11.3 Å². The van der Waals surface area contributed by atoms with Gasteiger partial charge in [-0.3, -0.25) is 0 Å². The molecule has 1 N–H and O–H groups in total. The monoisotopic (exact) mass is 897 g/mol. The molecule has 0 amide bonds. The molecule has 3 nitrogen and oxygen atoms in total. The molecule has 8 aromatic carbocycles. The van der Waals surface area contributed by atoms with E-state index in [0.29, 0.717) is 0 Å². The molecule has 68 heavy (non-hydrogen) atoms. The van der Waals surface area contributed by atoms with Crippen LogP contribution in [0.5, 0.6) is 0 Å². The Hall–Kier alpha value is -6.56. The van der Waals surface area contributed by atoms with Crippen LogP contribution in [-0.4, -0.2) is 11.8 Å². The van der Waals surface area contributed by atoms with Gasteiger partial charge in [0.25, 0.3) is 0 Å². The van der Waals surface area contributed by atoms with Crippen LogP contribution in [0.3, 0.4) is 0 Å². The van der Waals surface area contributed by atoms with Crippen molar-refractivity contribution >= 4 is 105 Å². The maximum absolute atomic E-state index is 6.71. The van der Waals surface area contributed by atoms with Gasteiger partial charge in [0.2, 0.25) is 0 Å². The van der Waals surface area contributed by atoms with Crippen molar-refractivity contribution < 1.29 is 4.42 Å². The number of fused-ring (bicyclic) bond motifs is 16. The molecule has 0 atom stereocenters. The number of anilines is 2. The summed E-state index contributed by atoms with van der Waals surface area (Å²) < 4.78 is 12.1. The van der Waals surface area contributed by atoms with Crippen LogP contribution in [0, 0.1) is 0 Å². The molecule has 14 rings (SSSR count). The summed E-state index contributed by atoms with van der Waals surface area (Å²) in [5.74, 6) is 0. The van der Waals surface area contributed by atoms with Gasteiger partial charge in [-0.1, -0.05) is 141 Å². The minimum absolute atomic E-state index is 0.0475. The lowest BCUT2D eigenvalue weighted by atomic mass is 9.57. The third-order valence-corrected chi connectivity index (χ3v) is 17.7. The molecule has 3 aromatic heterocycles. The number of hydrogen-bond acceptors (Lipinski definition) is 3. The highest BCUT2D eigenvalue weighted by Gasteiger charge is 2.44.